The van der Waals surface area contributed by atoms with Crippen LogP contribution < -0.4 is 5.32 Å². The Kier molecular flexibility index (Phi) is 5.41. The number of piperazine rings is 1. The fourth-order valence-electron chi connectivity index (χ4n) is 2.96. The monoisotopic (exact) mass is 342 g/mol. The largest absolute Gasteiger partial charge is 0.339 e. The summed E-state index contributed by atoms with van der Waals surface area (Å²) in [4.78, 5) is 14.3. The van der Waals surface area contributed by atoms with Gasteiger partial charge in [0.15, 0.2) is 9.84 Å². The Balaban J connectivity index is 2.06. The highest BCUT2D eigenvalue weighted by Crippen LogP contribution is 2.17. The summed E-state index contributed by atoms with van der Waals surface area (Å²) in [5.74, 6) is -1.56. The number of hydrogen-bond acceptors (Lipinski definition) is 4. The highest BCUT2D eigenvalue weighted by molar-refractivity contribution is 7.91. The van der Waals surface area contributed by atoms with E-state index in [1.165, 1.54) is 12.1 Å². The van der Waals surface area contributed by atoms with Crippen LogP contribution in [0.4, 0.5) is 4.39 Å². The molecule has 1 fully saturated rings. The zero-order valence-corrected chi connectivity index (χ0v) is 14.4. The molecular weight excluding hydrogens is 319 g/mol. The minimum absolute atomic E-state index is 0.0422. The number of hydrogen-bond donors (Lipinski definition) is 1. The number of halogens is 1. The summed E-state index contributed by atoms with van der Waals surface area (Å²) in [5.41, 5.74) is 0. The quantitative estimate of drug-likeness (QED) is 0.841. The zero-order chi connectivity index (χ0) is 17.2. The number of amides is 1. The fraction of sp³-hybridized carbons (Fsp3) is 0.562. The van der Waals surface area contributed by atoms with E-state index >= 15 is 0 Å². The first kappa shape index (κ1) is 17.9. The van der Waals surface area contributed by atoms with Gasteiger partial charge in [0.2, 0.25) is 5.91 Å². The molecule has 1 aliphatic rings. The van der Waals surface area contributed by atoms with Crippen molar-refractivity contribution in [3.05, 3.63) is 30.1 Å². The Bertz CT molecular complexity index is 650. The molecule has 128 valence electrons. The van der Waals surface area contributed by atoms with E-state index in [0.717, 1.165) is 12.1 Å². The third kappa shape index (κ3) is 4.51. The molecule has 0 aliphatic carbocycles. The van der Waals surface area contributed by atoms with Crippen molar-refractivity contribution in [1.82, 2.24) is 10.2 Å². The molecule has 0 aromatic heterocycles. The topological polar surface area (TPSA) is 66.5 Å². The van der Waals surface area contributed by atoms with Gasteiger partial charge < -0.3 is 10.2 Å². The van der Waals surface area contributed by atoms with Crippen LogP contribution in [0.2, 0.25) is 0 Å². The van der Waals surface area contributed by atoms with Crippen molar-refractivity contribution >= 4 is 15.7 Å². The van der Waals surface area contributed by atoms with E-state index in [-0.39, 0.29) is 28.6 Å². The first-order chi connectivity index (χ1) is 10.7. The lowest BCUT2D eigenvalue weighted by molar-refractivity contribution is -0.136. The molecule has 0 unspecified atom stereocenters. The minimum atomic E-state index is -3.62. The van der Waals surface area contributed by atoms with Gasteiger partial charge in [-0.3, -0.25) is 4.79 Å². The maximum atomic E-state index is 12.9. The normalized spacial score (nSPS) is 23.6. The van der Waals surface area contributed by atoms with E-state index in [4.69, 9.17) is 0 Å². The first-order valence-electron chi connectivity index (χ1n) is 7.72. The van der Waals surface area contributed by atoms with Crippen molar-refractivity contribution in [2.45, 2.75) is 37.8 Å². The third-order valence-electron chi connectivity index (χ3n) is 3.93. The molecule has 1 amide bonds. The van der Waals surface area contributed by atoms with E-state index in [9.17, 15) is 17.6 Å². The Morgan fingerprint density at radius 2 is 1.78 bits per heavy atom. The van der Waals surface area contributed by atoms with Gasteiger partial charge in [0.25, 0.3) is 0 Å². The van der Waals surface area contributed by atoms with E-state index in [0.29, 0.717) is 13.1 Å². The molecule has 1 heterocycles. The van der Waals surface area contributed by atoms with Crippen LogP contribution in [0.3, 0.4) is 0 Å². The average Bonchev–Trinajstić information content (AvgIpc) is 2.45. The van der Waals surface area contributed by atoms with Gasteiger partial charge in [-0.05, 0) is 38.1 Å². The average molecular weight is 342 g/mol. The summed E-state index contributed by atoms with van der Waals surface area (Å²) in [7, 11) is -3.62. The number of rotatable bonds is 4. The smallest absolute Gasteiger partial charge is 0.226 e. The van der Waals surface area contributed by atoms with Gasteiger partial charge in [-0.2, -0.15) is 0 Å². The van der Waals surface area contributed by atoms with Gasteiger partial charge in [0.1, 0.15) is 5.82 Å². The molecule has 1 N–H and O–H groups in total. The maximum absolute atomic E-state index is 12.9. The summed E-state index contributed by atoms with van der Waals surface area (Å²) in [6.07, 6.45) is 0. The predicted molar refractivity (Wildman–Crippen MR) is 86.3 cm³/mol. The Morgan fingerprint density at radius 3 is 2.30 bits per heavy atom. The second kappa shape index (κ2) is 6.97. The zero-order valence-electron chi connectivity index (χ0n) is 13.6. The van der Waals surface area contributed by atoms with Crippen LogP contribution in [0.25, 0.3) is 0 Å². The molecule has 7 heteroatoms. The van der Waals surface area contributed by atoms with Gasteiger partial charge in [-0.25, -0.2) is 12.8 Å². The molecule has 1 saturated heterocycles. The standard InChI is InChI=1S/C16H23FN2O3S/c1-11(16(20)19-8-12(2)18-13(3)9-19)10-23(21,22)15-6-4-14(17)5-7-15/h4-7,11-13,18H,8-10H2,1-3H3/t11-,12+,13+/m0/s1. The lowest BCUT2D eigenvalue weighted by Gasteiger charge is -2.37. The van der Waals surface area contributed by atoms with Crippen molar-refractivity contribution in [3.63, 3.8) is 0 Å². The molecule has 1 aromatic rings. The van der Waals surface area contributed by atoms with Gasteiger partial charge in [0, 0.05) is 31.1 Å². The second-order valence-corrected chi connectivity index (χ2v) is 8.38. The molecule has 0 radical (unpaired) electrons. The number of nitrogens with one attached hydrogen (secondary N) is 1. The van der Waals surface area contributed by atoms with E-state index < -0.39 is 21.6 Å². The van der Waals surface area contributed by atoms with Crippen molar-refractivity contribution in [3.8, 4) is 0 Å². The molecule has 0 spiro atoms. The third-order valence-corrected chi connectivity index (χ3v) is 5.86. The van der Waals surface area contributed by atoms with Crippen LogP contribution in [0, 0.1) is 11.7 Å². The molecule has 23 heavy (non-hydrogen) atoms. The lowest BCUT2D eigenvalue weighted by atomic mass is 10.1. The summed E-state index contributed by atoms with van der Waals surface area (Å²) in [5, 5.41) is 3.33. The molecule has 1 aromatic carbocycles. The number of carbonyl (C=O) groups is 1. The van der Waals surface area contributed by atoms with Gasteiger partial charge in [-0.15, -0.1) is 0 Å². The van der Waals surface area contributed by atoms with Crippen molar-refractivity contribution < 1.29 is 17.6 Å². The minimum Gasteiger partial charge on any atom is -0.339 e. The molecule has 5 nitrogen and oxygen atoms in total. The lowest BCUT2D eigenvalue weighted by Crippen LogP contribution is -2.57. The molecular formula is C16H23FN2O3S. The summed E-state index contributed by atoms with van der Waals surface area (Å²) in [6.45, 7) is 6.76. The van der Waals surface area contributed by atoms with E-state index in [2.05, 4.69) is 5.32 Å². The Labute approximate surface area is 136 Å². The maximum Gasteiger partial charge on any atom is 0.226 e. The molecule has 2 rings (SSSR count). The SMILES string of the molecule is C[C@@H]1CN(C(=O)[C@@H](C)CS(=O)(=O)c2ccc(F)cc2)C[C@@H](C)N1. The molecule has 1 aliphatic heterocycles. The number of benzene rings is 1. The first-order valence-corrected chi connectivity index (χ1v) is 9.37. The fourth-order valence-corrected chi connectivity index (χ4v) is 4.50. The van der Waals surface area contributed by atoms with Crippen LogP contribution in [-0.2, 0) is 14.6 Å². The number of carbonyl (C=O) groups excluding carboxylic acids is 1. The van der Waals surface area contributed by atoms with Crippen molar-refractivity contribution in [1.29, 1.82) is 0 Å². The van der Waals surface area contributed by atoms with E-state index in [1.807, 2.05) is 13.8 Å². The summed E-state index contributed by atoms with van der Waals surface area (Å²) in [6, 6.07) is 5.05. The number of nitrogens with zero attached hydrogens (tertiary/aromatic N) is 1. The summed E-state index contributed by atoms with van der Waals surface area (Å²) >= 11 is 0. The predicted octanol–water partition coefficient (Wildman–Crippen LogP) is 1.44. The van der Waals surface area contributed by atoms with Gasteiger partial charge >= 0.3 is 0 Å². The Hall–Kier alpha value is -1.47. The van der Waals surface area contributed by atoms with Gasteiger partial charge in [0.05, 0.1) is 10.6 Å². The second-order valence-electron chi connectivity index (χ2n) is 6.35. The van der Waals surface area contributed by atoms with Gasteiger partial charge in [-0.1, -0.05) is 6.92 Å². The van der Waals surface area contributed by atoms with Crippen LogP contribution in [0.15, 0.2) is 29.2 Å². The van der Waals surface area contributed by atoms with Crippen molar-refractivity contribution in [2.75, 3.05) is 18.8 Å². The highest BCUT2D eigenvalue weighted by Gasteiger charge is 2.30. The molecule has 0 saturated carbocycles. The van der Waals surface area contributed by atoms with Crippen molar-refractivity contribution in [2.24, 2.45) is 5.92 Å². The van der Waals surface area contributed by atoms with Crippen LogP contribution in [0.5, 0.6) is 0 Å². The van der Waals surface area contributed by atoms with E-state index in [1.54, 1.807) is 11.8 Å². The highest BCUT2D eigenvalue weighted by atomic mass is 32.2. The summed E-state index contributed by atoms with van der Waals surface area (Å²) < 4.78 is 37.6. The van der Waals surface area contributed by atoms with Crippen LogP contribution >= 0.6 is 0 Å². The molecule has 0 bridgehead atoms. The van der Waals surface area contributed by atoms with Crippen LogP contribution in [-0.4, -0.2) is 50.2 Å². The number of sulfone groups is 1. The molecule has 3 atom stereocenters. The Morgan fingerprint density at radius 1 is 1.26 bits per heavy atom. The van der Waals surface area contributed by atoms with Crippen LogP contribution in [0.1, 0.15) is 20.8 Å².